The van der Waals surface area contributed by atoms with E-state index in [-0.39, 0.29) is 0 Å². The molecule has 0 bridgehead atoms. The normalized spacial score (nSPS) is 11.8. The van der Waals surface area contributed by atoms with Gasteiger partial charge in [0.2, 0.25) is 0 Å². The molecule has 9 aromatic carbocycles. The molecule has 0 N–H and O–H groups in total. The molecule has 12 rings (SSSR count). The Morgan fingerprint density at radius 3 is 1.69 bits per heavy atom. The largest absolute Gasteiger partial charge is 0.310 e. The van der Waals surface area contributed by atoms with Crippen LogP contribution in [0.2, 0.25) is 0 Å². The summed E-state index contributed by atoms with van der Waals surface area (Å²) in [7, 11) is 0. The van der Waals surface area contributed by atoms with Crippen LogP contribution in [-0.2, 0) is 0 Å². The molecule has 0 saturated carbocycles. The van der Waals surface area contributed by atoms with Crippen molar-refractivity contribution in [1.29, 1.82) is 0 Å². The minimum absolute atomic E-state index is 1.12. The zero-order valence-corrected chi connectivity index (χ0v) is 33.0. The van der Waals surface area contributed by atoms with Crippen LogP contribution >= 0.6 is 22.7 Å². The summed E-state index contributed by atoms with van der Waals surface area (Å²) in [5.74, 6) is 0. The van der Waals surface area contributed by atoms with Gasteiger partial charge in [-0.25, -0.2) is 0 Å². The SMILES string of the molecule is c1ccc(-c2ccc3c4ccccc4n(-c4cc(-c5ccc(N(c6ccccc6)c6ccc7c(c6)sc6ccccc67)cc5)c5sc6ccccc6c5c4)c3c2)cc1. The van der Waals surface area contributed by atoms with Crippen LogP contribution in [0.25, 0.3) is 90.1 Å². The van der Waals surface area contributed by atoms with Crippen LogP contribution in [0.5, 0.6) is 0 Å². The smallest absolute Gasteiger partial charge is 0.0547 e. The highest BCUT2D eigenvalue weighted by Crippen LogP contribution is 2.45. The highest BCUT2D eigenvalue weighted by Gasteiger charge is 2.19. The van der Waals surface area contributed by atoms with Crippen molar-refractivity contribution in [1.82, 2.24) is 4.57 Å². The van der Waals surface area contributed by atoms with Crippen molar-refractivity contribution in [2.24, 2.45) is 0 Å². The molecule has 58 heavy (non-hydrogen) atoms. The summed E-state index contributed by atoms with van der Waals surface area (Å²) in [5.41, 5.74) is 11.8. The van der Waals surface area contributed by atoms with Gasteiger partial charge in [0, 0.05) is 79.4 Å². The van der Waals surface area contributed by atoms with Crippen molar-refractivity contribution in [2.45, 2.75) is 0 Å². The number of hydrogen-bond donors (Lipinski definition) is 0. The summed E-state index contributed by atoms with van der Waals surface area (Å²) < 4.78 is 7.69. The van der Waals surface area contributed by atoms with Gasteiger partial charge in [-0.15, -0.1) is 22.7 Å². The fourth-order valence-corrected chi connectivity index (χ4v) is 11.2. The fraction of sp³-hybridized carbons (Fsp3) is 0. The highest BCUT2D eigenvalue weighted by molar-refractivity contribution is 7.26. The Morgan fingerprint density at radius 2 is 0.897 bits per heavy atom. The second-order valence-corrected chi connectivity index (χ2v) is 17.1. The van der Waals surface area contributed by atoms with E-state index in [0.29, 0.717) is 0 Å². The lowest BCUT2D eigenvalue weighted by Gasteiger charge is -2.26. The molecule has 0 aliphatic heterocycles. The Morgan fingerprint density at radius 1 is 0.328 bits per heavy atom. The van der Waals surface area contributed by atoms with Gasteiger partial charge in [-0.1, -0.05) is 133 Å². The van der Waals surface area contributed by atoms with Gasteiger partial charge < -0.3 is 9.47 Å². The number of hydrogen-bond acceptors (Lipinski definition) is 3. The topological polar surface area (TPSA) is 8.17 Å². The van der Waals surface area contributed by atoms with Gasteiger partial charge in [0.05, 0.1) is 11.0 Å². The van der Waals surface area contributed by atoms with E-state index in [1.54, 1.807) is 0 Å². The first-order valence-electron chi connectivity index (χ1n) is 19.7. The maximum atomic E-state index is 2.47. The Balaban J connectivity index is 1.05. The van der Waals surface area contributed by atoms with Gasteiger partial charge in [0.15, 0.2) is 0 Å². The first kappa shape index (κ1) is 33.2. The summed E-state index contributed by atoms with van der Waals surface area (Å²) >= 11 is 3.74. The van der Waals surface area contributed by atoms with Gasteiger partial charge in [0.25, 0.3) is 0 Å². The first-order valence-corrected chi connectivity index (χ1v) is 21.3. The second kappa shape index (κ2) is 13.3. The monoisotopic (exact) mass is 774 g/mol. The minimum Gasteiger partial charge on any atom is -0.310 e. The fourth-order valence-electron chi connectivity index (χ4n) is 8.88. The standard InChI is InChI=1S/C54H34N2S2/c1-3-13-35(14-4-1)37-25-29-43-42-17-7-10-20-49(42)56(50(43)31-37)41-32-47(54-48(33-41)45-19-9-12-22-52(45)58-54)36-23-26-39(27-24-36)55(38-15-5-2-6-16-38)40-28-30-46-44-18-8-11-21-51(44)57-53(46)34-40/h1-34H. The Labute approximate surface area is 343 Å². The van der Waals surface area contributed by atoms with Crippen molar-refractivity contribution < 1.29 is 0 Å². The van der Waals surface area contributed by atoms with Crippen molar-refractivity contribution in [3.8, 4) is 27.9 Å². The van der Waals surface area contributed by atoms with Crippen LogP contribution in [0, 0.1) is 0 Å². The molecule has 272 valence electrons. The predicted molar refractivity (Wildman–Crippen MR) is 252 cm³/mol. The molecule has 4 heteroatoms. The molecule has 0 fully saturated rings. The van der Waals surface area contributed by atoms with E-state index in [2.05, 4.69) is 216 Å². The molecule has 0 unspecified atom stereocenters. The molecule has 0 atom stereocenters. The predicted octanol–water partition coefficient (Wildman–Crippen LogP) is 16.3. The van der Waals surface area contributed by atoms with Crippen LogP contribution in [0.1, 0.15) is 0 Å². The molecule has 12 aromatic rings. The number of thiophene rings is 2. The number of benzene rings is 9. The number of anilines is 3. The molecule has 0 spiro atoms. The van der Waals surface area contributed by atoms with E-state index in [4.69, 9.17) is 0 Å². The molecular weight excluding hydrogens is 741 g/mol. The van der Waals surface area contributed by atoms with Crippen LogP contribution in [0.3, 0.4) is 0 Å². The molecular formula is C54H34N2S2. The van der Waals surface area contributed by atoms with Gasteiger partial charge in [-0.2, -0.15) is 0 Å². The van der Waals surface area contributed by atoms with E-state index in [1.165, 1.54) is 84.4 Å². The number of rotatable bonds is 6. The molecule has 0 saturated heterocycles. The van der Waals surface area contributed by atoms with Gasteiger partial charge in [-0.05, 0) is 89.5 Å². The van der Waals surface area contributed by atoms with Crippen LogP contribution < -0.4 is 4.90 Å². The third kappa shape index (κ3) is 5.30. The molecule has 0 amide bonds. The second-order valence-electron chi connectivity index (χ2n) is 14.9. The number of para-hydroxylation sites is 2. The zero-order valence-electron chi connectivity index (χ0n) is 31.3. The highest BCUT2D eigenvalue weighted by atomic mass is 32.1. The lowest BCUT2D eigenvalue weighted by Crippen LogP contribution is -2.09. The summed E-state index contributed by atoms with van der Waals surface area (Å²) in [6.07, 6.45) is 0. The average molecular weight is 775 g/mol. The summed E-state index contributed by atoms with van der Waals surface area (Å²) in [6.45, 7) is 0. The average Bonchev–Trinajstić information content (AvgIpc) is 3.96. The molecule has 0 aliphatic rings. The molecule has 0 aliphatic carbocycles. The van der Waals surface area contributed by atoms with Crippen molar-refractivity contribution >= 4 is 102 Å². The van der Waals surface area contributed by atoms with Crippen molar-refractivity contribution in [3.63, 3.8) is 0 Å². The van der Waals surface area contributed by atoms with Gasteiger partial charge >= 0.3 is 0 Å². The van der Waals surface area contributed by atoms with Crippen LogP contribution in [-0.4, -0.2) is 4.57 Å². The van der Waals surface area contributed by atoms with E-state index < -0.39 is 0 Å². The molecule has 3 heterocycles. The Hall–Kier alpha value is -6.98. The quantitative estimate of drug-likeness (QED) is 0.163. The maximum Gasteiger partial charge on any atom is 0.0547 e. The summed E-state index contributed by atoms with van der Waals surface area (Å²) in [4.78, 5) is 2.38. The van der Waals surface area contributed by atoms with Crippen LogP contribution in [0.15, 0.2) is 206 Å². The third-order valence-corrected chi connectivity index (χ3v) is 13.9. The van der Waals surface area contributed by atoms with E-state index in [0.717, 1.165) is 22.7 Å². The van der Waals surface area contributed by atoms with Crippen molar-refractivity contribution in [2.75, 3.05) is 4.90 Å². The minimum atomic E-state index is 1.12. The third-order valence-electron chi connectivity index (χ3n) is 11.6. The van der Waals surface area contributed by atoms with E-state index in [9.17, 15) is 0 Å². The molecule has 2 nitrogen and oxygen atoms in total. The Bertz CT molecular complexity index is 3500. The maximum absolute atomic E-state index is 2.47. The lowest BCUT2D eigenvalue weighted by molar-refractivity contribution is 1.19. The summed E-state index contributed by atoms with van der Waals surface area (Å²) in [5, 5.41) is 7.71. The van der Waals surface area contributed by atoms with E-state index >= 15 is 0 Å². The number of fused-ring (bicyclic) bond motifs is 9. The zero-order chi connectivity index (χ0) is 38.2. The summed E-state index contributed by atoms with van der Waals surface area (Å²) in [6, 6.07) is 75.6. The number of nitrogens with zero attached hydrogens (tertiary/aromatic N) is 2. The van der Waals surface area contributed by atoms with Gasteiger partial charge in [-0.3, -0.25) is 0 Å². The van der Waals surface area contributed by atoms with Crippen LogP contribution in [0.4, 0.5) is 17.1 Å². The van der Waals surface area contributed by atoms with E-state index in [1.807, 2.05) is 22.7 Å². The lowest BCUT2D eigenvalue weighted by atomic mass is 10.0. The molecule has 0 radical (unpaired) electrons. The van der Waals surface area contributed by atoms with Gasteiger partial charge in [0.1, 0.15) is 0 Å². The Kier molecular flexibility index (Phi) is 7.62. The molecule has 3 aromatic heterocycles. The van der Waals surface area contributed by atoms with Crippen molar-refractivity contribution in [3.05, 3.63) is 206 Å². The number of aromatic nitrogens is 1. The first-order chi connectivity index (χ1) is 28.7.